The zero-order valence-electron chi connectivity index (χ0n) is 19.5. The van der Waals surface area contributed by atoms with Gasteiger partial charge in [0.15, 0.2) is 0 Å². The summed E-state index contributed by atoms with van der Waals surface area (Å²) in [6.07, 6.45) is 3.21. The van der Waals surface area contributed by atoms with E-state index >= 15 is 0 Å². The molecule has 0 saturated heterocycles. The average molecular weight is 465 g/mol. The van der Waals surface area contributed by atoms with Gasteiger partial charge in [0.05, 0.1) is 5.92 Å². The number of alkyl carbamates (subject to hydrolysis) is 1. The monoisotopic (exact) mass is 464 g/mol. The van der Waals surface area contributed by atoms with E-state index in [0.29, 0.717) is 25.2 Å². The summed E-state index contributed by atoms with van der Waals surface area (Å²) < 4.78 is 5.57. The van der Waals surface area contributed by atoms with Crippen LogP contribution in [0.25, 0.3) is 11.1 Å². The minimum Gasteiger partial charge on any atom is -0.480 e. The molecule has 2 aromatic carbocycles. The van der Waals surface area contributed by atoms with Gasteiger partial charge in [0.25, 0.3) is 0 Å². The third kappa shape index (κ3) is 5.58. The van der Waals surface area contributed by atoms with Crippen molar-refractivity contribution in [2.45, 2.75) is 51.0 Å². The third-order valence-electron chi connectivity index (χ3n) is 6.71. The van der Waals surface area contributed by atoms with E-state index in [4.69, 9.17) is 4.74 Å². The van der Waals surface area contributed by atoms with Crippen molar-refractivity contribution in [2.24, 2.45) is 11.8 Å². The SMILES string of the molecule is CCC[C@H](NC(=O)C(CNC(=O)OCC1c2ccccc2-c2ccccc21)CC1CC1)C(=O)O. The summed E-state index contributed by atoms with van der Waals surface area (Å²) in [6, 6.07) is 15.4. The molecule has 1 saturated carbocycles. The number of benzene rings is 2. The first kappa shape index (κ1) is 23.8. The second-order valence-corrected chi connectivity index (χ2v) is 9.27. The van der Waals surface area contributed by atoms with Crippen LogP contribution in [0, 0.1) is 11.8 Å². The number of ether oxygens (including phenoxy) is 1. The largest absolute Gasteiger partial charge is 0.480 e. The predicted octanol–water partition coefficient (Wildman–Crippen LogP) is 4.31. The number of hydrogen-bond acceptors (Lipinski definition) is 4. The van der Waals surface area contributed by atoms with Crippen molar-refractivity contribution in [1.82, 2.24) is 10.6 Å². The highest BCUT2D eigenvalue weighted by Crippen LogP contribution is 2.44. The summed E-state index contributed by atoms with van der Waals surface area (Å²) in [5, 5.41) is 14.7. The number of fused-ring (bicyclic) bond motifs is 3. The Morgan fingerprint density at radius 1 is 1.03 bits per heavy atom. The van der Waals surface area contributed by atoms with Gasteiger partial charge in [-0.05, 0) is 41.0 Å². The highest BCUT2D eigenvalue weighted by atomic mass is 16.5. The third-order valence-corrected chi connectivity index (χ3v) is 6.71. The lowest BCUT2D eigenvalue weighted by Crippen LogP contribution is -2.46. The van der Waals surface area contributed by atoms with Gasteiger partial charge < -0.3 is 20.5 Å². The molecule has 0 spiro atoms. The fourth-order valence-electron chi connectivity index (χ4n) is 4.73. The molecule has 3 N–H and O–H groups in total. The molecule has 0 heterocycles. The van der Waals surface area contributed by atoms with Crippen LogP contribution in [0.4, 0.5) is 4.79 Å². The maximum Gasteiger partial charge on any atom is 0.407 e. The van der Waals surface area contributed by atoms with E-state index in [9.17, 15) is 19.5 Å². The number of hydrogen-bond donors (Lipinski definition) is 3. The molecule has 2 aliphatic rings. The Kier molecular flexibility index (Phi) is 7.50. The highest BCUT2D eigenvalue weighted by Gasteiger charge is 2.32. The number of rotatable bonds is 11. The van der Waals surface area contributed by atoms with E-state index in [2.05, 4.69) is 34.9 Å². The molecule has 180 valence electrons. The van der Waals surface area contributed by atoms with Crippen LogP contribution >= 0.6 is 0 Å². The Labute approximate surface area is 199 Å². The molecule has 2 aliphatic carbocycles. The maximum absolute atomic E-state index is 12.8. The van der Waals surface area contributed by atoms with Crippen molar-refractivity contribution < 1.29 is 24.2 Å². The van der Waals surface area contributed by atoms with Crippen LogP contribution in [0.1, 0.15) is 56.1 Å². The van der Waals surface area contributed by atoms with Crippen molar-refractivity contribution in [3.05, 3.63) is 59.7 Å². The first-order valence-electron chi connectivity index (χ1n) is 12.1. The Bertz CT molecular complexity index is 1000. The first-order chi connectivity index (χ1) is 16.5. The Morgan fingerprint density at radius 2 is 1.65 bits per heavy atom. The summed E-state index contributed by atoms with van der Waals surface area (Å²) in [7, 11) is 0. The Morgan fingerprint density at radius 3 is 2.21 bits per heavy atom. The molecule has 7 nitrogen and oxygen atoms in total. The second kappa shape index (κ2) is 10.7. The lowest BCUT2D eigenvalue weighted by Gasteiger charge is -2.21. The molecule has 2 aromatic rings. The van der Waals surface area contributed by atoms with E-state index in [1.807, 2.05) is 31.2 Å². The molecule has 34 heavy (non-hydrogen) atoms. The van der Waals surface area contributed by atoms with E-state index < -0.39 is 24.0 Å². The van der Waals surface area contributed by atoms with E-state index in [0.717, 1.165) is 35.1 Å². The van der Waals surface area contributed by atoms with Crippen molar-refractivity contribution in [3.63, 3.8) is 0 Å². The van der Waals surface area contributed by atoms with Crippen LogP contribution in [0.15, 0.2) is 48.5 Å². The van der Waals surface area contributed by atoms with Crippen molar-refractivity contribution in [2.75, 3.05) is 13.2 Å². The summed E-state index contributed by atoms with van der Waals surface area (Å²) in [5.41, 5.74) is 4.60. The topological polar surface area (TPSA) is 105 Å². The summed E-state index contributed by atoms with van der Waals surface area (Å²) in [5.74, 6) is -1.42. The molecular weight excluding hydrogens is 432 g/mol. The minimum absolute atomic E-state index is 0.0333. The molecule has 1 unspecified atom stereocenters. The highest BCUT2D eigenvalue weighted by molar-refractivity contribution is 5.85. The minimum atomic E-state index is -1.04. The van der Waals surface area contributed by atoms with Crippen LogP contribution < -0.4 is 10.6 Å². The van der Waals surface area contributed by atoms with Gasteiger partial charge in [0.1, 0.15) is 12.6 Å². The summed E-state index contributed by atoms with van der Waals surface area (Å²) >= 11 is 0. The Hall–Kier alpha value is -3.35. The molecule has 0 bridgehead atoms. The van der Waals surface area contributed by atoms with Gasteiger partial charge in [-0.3, -0.25) is 4.79 Å². The van der Waals surface area contributed by atoms with E-state index in [1.54, 1.807) is 0 Å². The lowest BCUT2D eigenvalue weighted by molar-refractivity contribution is -0.142. The van der Waals surface area contributed by atoms with Crippen LogP contribution in [-0.2, 0) is 14.3 Å². The van der Waals surface area contributed by atoms with Crippen molar-refractivity contribution in [3.8, 4) is 11.1 Å². The van der Waals surface area contributed by atoms with Gasteiger partial charge in [-0.1, -0.05) is 74.7 Å². The van der Waals surface area contributed by atoms with Crippen LogP contribution in [-0.4, -0.2) is 42.3 Å². The lowest BCUT2D eigenvalue weighted by atomic mass is 9.98. The number of carbonyl (C=O) groups is 3. The van der Waals surface area contributed by atoms with Gasteiger partial charge in [-0.15, -0.1) is 0 Å². The molecule has 0 aromatic heterocycles. The predicted molar refractivity (Wildman–Crippen MR) is 128 cm³/mol. The number of amides is 2. The standard InChI is InChI=1S/C27H32N2O5/c1-2-7-24(26(31)32)29-25(30)18(14-17-12-13-17)15-28-27(33)34-16-23-21-10-5-3-8-19(21)20-9-4-6-11-22(20)23/h3-6,8-11,17-18,23-24H,2,7,12-16H2,1H3,(H,28,33)(H,29,30)(H,31,32)/t18?,24-/m0/s1. The molecule has 1 fully saturated rings. The fraction of sp³-hybridized carbons (Fsp3) is 0.444. The van der Waals surface area contributed by atoms with Crippen molar-refractivity contribution in [1.29, 1.82) is 0 Å². The molecule has 4 rings (SSSR count). The maximum atomic E-state index is 12.8. The smallest absolute Gasteiger partial charge is 0.407 e. The quantitative estimate of drug-likeness (QED) is 0.460. The van der Waals surface area contributed by atoms with Gasteiger partial charge in [0, 0.05) is 12.5 Å². The average Bonchev–Trinajstić information content (AvgIpc) is 3.60. The van der Waals surface area contributed by atoms with Gasteiger partial charge in [-0.25, -0.2) is 9.59 Å². The number of carboxylic acid groups (broad SMARTS) is 1. The Balaban J connectivity index is 1.34. The fourth-order valence-corrected chi connectivity index (χ4v) is 4.73. The number of carbonyl (C=O) groups excluding carboxylic acids is 2. The van der Waals surface area contributed by atoms with E-state index in [1.165, 1.54) is 0 Å². The molecule has 2 atom stereocenters. The molecule has 7 heteroatoms. The van der Waals surface area contributed by atoms with Gasteiger partial charge in [-0.2, -0.15) is 0 Å². The molecule has 2 amide bonds. The normalized spacial score (nSPS) is 16.1. The van der Waals surface area contributed by atoms with E-state index in [-0.39, 0.29) is 25.0 Å². The number of carboxylic acids is 1. The van der Waals surface area contributed by atoms with Gasteiger partial charge >= 0.3 is 12.1 Å². The molecule has 0 aliphatic heterocycles. The van der Waals surface area contributed by atoms with Gasteiger partial charge in [0.2, 0.25) is 5.91 Å². The van der Waals surface area contributed by atoms with Crippen LogP contribution in [0.5, 0.6) is 0 Å². The van der Waals surface area contributed by atoms with Crippen LogP contribution in [0.3, 0.4) is 0 Å². The van der Waals surface area contributed by atoms with Crippen molar-refractivity contribution >= 4 is 18.0 Å². The zero-order chi connectivity index (χ0) is 24.1. The first-order valence-corrected chi connectivity index (χ1v) is 12.1. The molecule has 0 radical (unpaired) electrons. The number of nitrogens with one attached hydrogen (secondary N) is 2. The summed E-state index contributed by atoms with van der Waals surface area (Å²) in [6.45, 7) is 2.21. The molecular formula is C27H32N2O5. The number of aliphatic carboxylic acids is 1. The second-order valence-electron chi connectivity index (χ2n) is 9.27. The van der Waals surface area contributed by atoms with Crippen LogP contribution in [0.2, 0.25) is 0 Å². The zero-order valence-corrected chi connectivity index (χ0v) is 19.5. The summed E-state index contributed by atoms with van der Waals surface area (Å²) in [4.78, 5) is 36.7.